The van der Waals surface area contributed by atoms with E-state index in [1.54, 1.807) is 0 Å². The topological polar surface area (TPSA) is 26.7 Å². The van der Waals surface area contributed by atoms with Crippen molar-refractivity contribution in [1.29, 1.82) is 0 Å². The third kappa shape index (κ3) is 5.69. The number of aliphatic hydroxyl groups excluding tert-OH is 1. The third-order valence-electron chi connectivity index (χ3n) is 5.93. The van der Waals surface area contributed by atoms with E-state index in [4.69, 9.17) is 16.7 Å². The molecule has 0 amide bonds. The fourth-order valence-electron chi connectivity index (χ4n) is 4.39. The molecule has 2 heterocycles. The van der Waals surface area contributed by atoms with Crippen molar-refractivity contribution in [1.82, 2.24) is 9.80 Å². The fraction of sp³-hybridized carbons (Fsp3) is 0.478. The second-order valence-electron chi connectivity index (χ2n) is 7.78. The average molecular weight is 453 g/mol. The Morgan fingerprint density at radius 2 is 1.55 bits per heavy atom. The molecule has 0 radical (unpaired) electrons. The molecule has 0 saturated carbocycles. The van der Waals surface area contributed by atoms with Gasteiger partial charge in [0.05, 0.1) is 0 Å². The van der Waals surface area contributed by atoms with E-state index in [9.17, 15) is 0 Å². The summed E-state index contributed by atoms with van der Waals surface area (Å²) in [6.07, 6.45) is 3.25. The van der Waals surface area contributed by atoms with Crippen LogP contribution in [0.15, 0.2) is 52.3 Å². The van der Waals surface area contributed by atoms with Gasteiger partial charge in [0.1, 0.15) is 0 Å². The molecule has 4 rings (SSSR count). The van der Waals surface area contributed by atoms with Gasteiger partial charge in [0.15, 0.2) is 0 Å². The van der Waals surface area contributed by atoms with Crippen LogP contribution in [0.4, 0.5) is 0 Å². The van der Waals surface area contributed by atoms with Crippen LogP contribution in [0.5, 0.6) is 0 Å². The van der Waals surface area contributed by atoms with Crippen molar-refractivity contribution in [2.24, 2.45) is 0 Å². The molecule has 2 aliphatic heterocycles. The normalized spacial score (nSPS) is 19.3. The first-order chi connectivity index (χ1) is 13.7. The lowest BCUT2D eigenvalue weighted by atomic mass is 9.87. The molecule has 1 fully saturated rings. The van der Waals surface area contributed by atoms with Crippen molar-refractivity contribution >= 4 is 35.8 Å². The van der Waals surface area contributed by atoms with E-state index < -0.39 is 0 Å². The monoisotopic (exact) mass is 452 g/mol. The Morgan fingerprint density at radius 3 is 2.28 bits per heavy atom. The number of benzene rings is 2. The van der Waals surface area contributed by atoms with Crippen LogP contribution in [-0.4, -0.2) is 60.8 Å². The molecule has 6 heteroatoms. The van der Waals surface area contributed by atoms with Gasteiger partial charge in [-0.25, -0.2) is 0 Å². The molecule has 0 bridgehead atoms. The molecule has 2 aromatic carbocycles. The molecular weight excluding hydrogens is 423 g/mol. The van der Waals surface area contributed by atoms with Crippen molar-refractivity contribution in [3.8, 4) is 0 Å². The lowest BCUT2D eigenvalue weighted by molar-refractivity contribution is 0.123. The first-order valence-electron chi connectivity index (χ1n) is 10.4. The first-order valence-corrected chi connectivity index (χ1v) is 11.6. The van der Waals surface area contributed by atoms with Crippen LogP contribution in [0.1, 0.15) is 36.3 Å². The quantitative estimate of drug-likeness (QED) is 0.628. The predicted octanol–water partition coefficient (Wildman–Crippen LogP) is 5.14. The minimum absolute atomic E-state index is 0. The zero-order valence-corrected chi connectivity index (χ0v) is 19.1. The molecule has 3 nitrogen and oxygen atoms in total. The molecule has 0 spiro atoms. The van der Waals surface area contributed by atoms with Crippen LogP contribution < -0.4 is 0 Å². The SMILES string of the molecule is Cl.OCCCN1CCN(CCCC2c3ccccc3Sc3ccc(Cl)cc32)CC1. The van der Waals surface area contributed by atoms with Crippen LogP contribution in [0.2, 0.25) is 5.02 Å². The van der Waals surface area contributed by atoms with E-state index in [-0.39, 0.29) is 12.4 Å². The number of fused-ring (bicyclic) bond motifs is 2. The van der Waals surface area contributed by atoms with Gasteiger partial charge in [-0.3, -0.25) is 0 Å². The van der Waals surface area contributed by atoms with Gasteiger partial charge < -0.3 is 14.9 Å². The highest BCUT2D eigenvalue weighted by molar-refractivity contribution is 7.99. The summed E-state index contributed by atoms with van der Waals surface area (Å²) in [5.74, 6) is 0.442. The second-order valence-corrected chi connectivity index (χ2v) is 9.30. The molecule has 1 unspecified atom stereocenters. The van der Waals surface area contributed by atoms with Crippen molar-refractivity contribution < 1.29 is 5.11 Å². The number of hydrogen-bond donors (Lipinski definition) is 1. The van der Waals surface area contributed by atoms with Crippen LogP contribution in [0.3, 0.4) is 0 Å². The number of piperazine rings is 1. The Balaban J connectivity index is 0.00000240. The molecule has 2 aromatic rings. The van der Waals surface area contributed by atoms with E-state index >= 15 is 0 Å². The summed E-state index contributed by atoms with van der Waals surface area (Å²) >= 11 is 8.21. The predicted molar refractivity (Wildman–Crippen MR) is 125 cm³/mol. The van der Waals surface area contributed by atoms with Gasteiger partial charge in [0.25, 0.3) is 0 Å². The zero-order valence-electron chi connectivity index (χ0n) is 16.7. The Labute approximate surface area is 189 Å². The second kappa shape index (κ2) is 11.0. The van der Waals surface area contributed by atoms with E-state index in [1.165, 1.54) is 27.3 Å². The highest BCUT2D eigenvalue weighted by Crippen LogP contribution is 2.48. The van der Waals surface area contributed by atoms with Gasteiger partial charge in [0.2, 0.25) is 0 Å². The van der Waals surface area contributed by atoms with Crippen molar-refractivity contribution in [3.05, 3.63) is 58.6 Å². The zero-order chi connectivity index (χ0) is 19.3. The molecule has 0 aliphatic carbocycles. The maximum absolute atomic E-state index is 9.00. The summed E-state index contributed by atoms with van der Waals surface area (Å²) in [5, 5.41) is 9.83. The fourth-order valence-corrected chi connectivity index (χ4v) is 5.74. The summed E-state index contributed by atoms with van der Waals surface area (Å²) in [7, 11) is 0. The largest absolute Gasteiger partial charge is 0.396 e. The third-order valence-corrected chi connectivity index (χ3v) is 7.34. The summed E-state index contributed by atoms with van der Waals surface area (Å²) in [6.45, 7) is 7.03. The smallest absolute Gasteiger partial charge is 0.0443 e. The van der Waals surface area contributed by atoms with Gasteiger partial charge in [-0.1, -0.05) is 41.6 Å². The number of hydrogen-bond acceptors (Lipinski definition) is 4. The molecular formula is C23H30Cl2N2OS. The maximum atomic E-state index is 9.00. The molecule has 29 heavy (non-hydrogen) atoms. The van der Waals surface area contributed by atoms with Crippen LogP contribution >= 0.6 is 35.8 Å². The van der Waals surface area contributed by atoms with Gasteiger partial charge in [-0.05, 0) is 61.2 Å². The standard InChI is InChI=1S/C23H29ClN2OS.ClH/c24-18-8-9-23-21(17-18)19(20-5-1-2-7-22(20)28-23)6-3-10-25-12-14-26(15-13-25)11-4-16-27;/h1-2,5,7-9,17,19,27H,3-4,6,10-16H2;1H. The van der Waals surface area contributed by atoms with Crippen molar-refractivity contribution in [2.45, 2.75) is 35.0 Å². The highest BCUT2D eigenvalue weighted by Gasteiger charge is 2.26. The molecule has 2 aliphatic rings. The van der Waals surface area contributed by atoms with E-state index in [2.05, 4.69) is 46.2 Å². The molecule has 1 atom stereocenters. The first kappa shape index (κ1) is 22.9. The van der Waals surface area contributed by atoms with E-state index in [0.717, 1.165) is 57.1 Å². The Kier molecular flexibility index (Phi) is 8.72. The minimum Gasteiger partial charge on any atom is -0.396 e. The van der Waals surface area contributed by atoms with Gasteiger partial charge >= 0.3 is 0 Å². The van der Waals surface area contributed by atoms with Crippen molar-refractivity contribution in [2.75, 3.05) is 45.9 Å². The molecule has 1 saturated heterocycles. The lowest BCUT2D eigenvalue weighted by Gasteiger charge is -2.35. The lowest BCUT2D eigenvalue weighted by Crippen LogP contribution is -2.46. The van der Waals surface area contributed by atoms with Crippen LogP contribution in [0, 0.1) is 0 Å². The summed E-state index contributed by atoms with van der Waals surface area (Å²) in [4.78, 5) is 7.81. The summed E-state index contributed by atoms with van der Waals surface area (Å²) in [6, 6.07) is 15.2. The van der Waals surface area contributed by atoms with Crippen LogP contribution in [0.25, 0.3) is 0 Å². The van der Waals surface area contributed by atoms with E-state index in [0.29, 0.717) is 12.5 Å². The van der Waals surface area contributed by atoms with E-state index in [1.807, 2.05) is 17.8 Å². The number of halogens is 2. The molecule has 158 valence electrons. The van der Waals surface area contributed by atoms with Gasteiger partial charge in [0, 0.05) is 60.1 Å². The average Bonchev–Trinajstić information content (AvgIpc) is 2.73. The summed E-state index contributed by atoms with van der Waals surface area (Å²) < 4.78 is 0. The Bertz CT molecular complexity index is 796. The number of nitrogens with zero attached hydrogens (tertiary/aromatic N) is 2. The molecule has 0 aromatic heterocycles. The summed E-state index contributed by atoms with van der Waals surface area (Å²) in [5.41, 5.74) is 2.85. The molecule has 1 N–H and O–H groups in total. The van der Waals surface area contributed by atoms with Gasteiger partial charge in [-0.15, -0.1) is 12.4 Å². The number of rotatable bonds is 7. The maximum Gasteiger partial charge on any atom is 0.0443 e. The minimum atomic E-state index is 0. The van der Waals surface area contributed by atoms with Crippen molar-refractivity contribution in [3.63, 3.8) is 0 Å². The van der Waals surface area contributed by atoms with Crippen LogP contribution in [-0.2, 0) is 0 Å². The Hall–Kier alpha value is -0.750. The Morgan fingerprint density at radius 1 is 0.897 bits per heavy atom. The number of aliphatic hydroxyl groups is 1. The highest BCUT2D eigenvalue weighted by atomic mass is 35.5. The van der Waals surface area contributed by atoms with Gasteiger partial charge in [-0.2, -0.15) is 0 Å².